The smallest absolute Gasteiger partial charge is 0.329 e. The number of allylic oxidation sites excluding steroid dienone is 4. The molecule has 0 aromatic carbocycles. The predicted octanol–water partition coefficient (Wildman–Crippen LogP) is 7.67. The Morgan fingerprint density at radius 3 is 2.29 bits per heavy atom. The van der Waals surface area contributed by atoms with E-state index in [0.29, 0.717) is 50.5 Å². The average molecular weight is 934 g/mol. The molecule has 1 amide bonds. The minimum Gasteiger partial charge on any atom is -0.456 e. The van der Waals surface area contributed by atoms with Crippen LogP contribution >= 0.6 is 11.8 Å². The maximum Gasteiger partial charge on any atom is 0.329 e. The standard InChI is InChI=1S/C51H83NO12S/c1-12-14-17-30(3)25-45(55)65-44-20-19-36(28-41(44)60-9)26-33(6)46-35(8)39(53)29-40(54)37(13-2)23-31(4)22-32(5)24-42(61-10)47-43(62-11)27-34(7)51(59,64-47)48(56)49(57)52-21-16-15-18-38(52)50(58)63-46/h23,26,32,34-39,41-44,46-48,53,56,59H,3,12-22,24-25,27-29H2,1-2,4-11H3/b31-23+,33-26+. The van der Waals surface area contributed by atoms with Crippen molar-refractivity contribution in [1.29, 1.82) is 0 Å². The first kappa shape index (κ1) is 55.2. The number of unbranched alkanes of at least 4 members (excludes halogenated alkanes) is 1. The fraction of sp³-hybridized carbons (Fsp3) is 0.804. The highest BCUT2D eigenvalue weighted by atomic mass is 32.2. The van der Waals surface area contributed by atoms with E-state index in [1.165, 1.54) is 16.7 Å². The van der Waals surface area contributed by atoms with Crippen LogP contribution in [0.5, 0.6) is 0 Å². The zero-order chi connectivity index (χ0) is 48.2. The second kappa shape index (κ2) is 25.8. The van der Waals surface area contributed by atoms with Crippen LogP contribution in [0.15, 0.2) is 35.5 Å². The Bertz CT molecular complexity index is 1670. The number of ketones is 1. The molecule has 3 fully saturated rings. The van der Waals surface area contributed by atoms with Gasteiger partial charge in [0.15, 0.2) is 11.2 Å². The highest BCUT2D eigenvalue weighted by Crippen LogP contribution is 2.41. The van der Waals surface area contributed by atoms with Crippen molar-refractivity contribution in [2.24, 2.45) is 29.6 Å². The second-order valence-corrected chi connectivity index (χ2v) is 21.1. The van der Waals surface area contributed by atoms with Crippen LogP contribution in [0.2, 0.25) is 0 Å². The topological polar surface area (TPSA) is 178 Å². The number of hydrogen-bond acceptors (Lipinski definition) is 13. The van der Waals surface area contributed by atoms with E-state index in [-0.39, 0.29) is 59.9 Å². The first-order chi connectivity index (χ1) is 30.8. The zero-order valence-electron chi connectivity index (χ0n) is 41.1. The summed E-state index contributed by atoms with van der Waals surface area (Å²) in [6.07, 6.45) is 6.43. The number of aliphatic hydroxyl groups is 3. The monoisotopic (exact) mass is 934 g/mol. The number of esters is 1. The number of Topliss-reactive ketones (excluding diaryl/α,β-unsaturated/α-hetero) is 1. The molecule has 0 aromatic rings. The first-order valence-electron chi connectivity index (χ1n) is 24.4. The van der Waals surface area contributed by atoms with Gasteiger partial charge in [-0.25, -0.2) is 4.79 Å². The summed E-state index contributed by atoms with van der Waals surface area (Å²) in [5.74, 6) is -5.80. The lowest BCUT2D eigenvalue weighted by Crippen LogP contribution is -2.66. The number of cyclic esters (lactones) is 1. The number of ether oxygens (including phenoxy) is 5. The number of fused-ring (bicyclic) bond motifs is 3. The molecule has 0 aromatic heterocycles. The van der Waals surface area contributed by atoms with Gasteiger partial charge in [0.05, 0.1) is 24.4 Å². The van der Waals surface area contributed by atoms with Crippen LogP contribution < -0.4 is 0 Å². The first-order valence-corrected chi connectivity index (χ1v) is 25.3. The number of piperidine rings is 1. The lowest BCUT2D eigenvalue weighted by atomic mass is 9.81. The number of nitrogens with zero attached hydrogens (tertiary/aromatic N) is 1. The molecule has 15 unspecified atom stereocenters. The predicted molar refractivity (Wildman–Crippen MR) is 253 cm³/mol. The minimum atomic E-state index is -2.32. The molecule has 14 heteroatoms. The van der Waals surface area contributed by atoms with Gasteiger partial charge in [-0.3, -0.25) is 14.4 Å². The summed E-state index contributed by atoms with van der Waals surface area (Å²) in [5.41, 5.74) is 2.65. The van der Waals surface area contributed by atoms with Crippen molar-refractivity contribution in [2.45, 2.75) is 205 Å². The van der Waals surface area contributed by atoms with Crippen LogP contribution in [-0.2, 0) is 42.9 Å². The van der Waals surface area contributed by atoms with Crippen LogP contribution in [0.1, 0.15) is 145 Å². The number of aliphatic hydroxyl groups excluding tert-OH is 2. The largest absolute Gasteiger partial charge is 0.456 e. The maximum atomic E-state index is 14.5. The Morgan fingerprint density at radius 2 is 1.65 bits per heavy atom. The fourth-order valence-electron chi connectivity index (χ4n) is 10.6. The van der Waals surface area contributed by atoms with E-state index in [4.69, 9.17) is 23.7 Å². The van der Waals surface area contributed by atoms with Gasteiger partial charge in [-0.1, -0.05) is 82.7 Å². The van der Waals surface area contributed by atoms with E-state index in [0.717, 1.165) is 43.3 Å². The minimum absolute atomic E-state index is 0.0125. The molecule has 2 saturated heterocycles. The second-order valence-electron chi connectivity index (χ2n) is 19.8. The van der Waals surface area contributed by atoms with E-state index >= 15 is 0 Å². The molecule has 2 bridgehead atoms. The molecule has 0 radical (unpaired) electrons. The number of rotatable bonds is 12. The van der Waals surface area contributed by atoms with Gasteiger partial charge >= 0.3 is 5.97 Å². The van der Waals surface area contributed by atoms with Crippen molar-refractivity contribution in [3.63, 3.8) is 0 Å². The molecule has 15 atom stereocenters. The summed E-state index contributed by atoms with van der Waals surface area (Å²) in [6, 6.07) is -1.09. The summed E-state index contributed by atoms with van der Waals surface area (Å²) >= 11 is 1.34. The Balaban J connectivity index is 1.69. The normalized spacial score (nSPS) is 38.5. The lowest BCUT2D eigenvalue weighted by molar-refractivity contribution is -0.346. The van der Waals surface area contributed by atoms with Crippen LogP contribution in [0.4, 0.5) is 0 Å². The van der Waals surface area contributed by atoms with E-state index in [9.17, 15) is 34.5 Å². The summed E-state index contributed by atoms with van der Waals surface area (Å²) in [7, 11) is 4.78. The molecular weight excluding hydrogens is 851 g/mol. The van der Waals surface area contributed by atoms with E-state index in [1.54, 1.807) is 35.2 Å². The van der Waals surface area contributed by atoms with Crippen LogP contribution in [0.25, 0.3) is 0 Å². The average Bonchev–Trinajstić information content (AvgIpc) is 3.28. The zero-order valence-corrected chi connectivity index (χ0v) is 41.9. The molecule has 4 aliphatic rings. The summed E-state index contributed by atoms with van der Waals surface area (Å²) in [6.45, 7) is 17.7. The number of carbonyl (C=O) groups excluding carboxylic acids is 4. The number of methoxy groups -OCH3 is 3. The molecule has 0 spiro atoms. The molecule has 3 N–H and O–H groups in total. The molecule has 370 valence electrons. The number of amides is 1. The molecule has 1 saturated carbocycles. The van der Waals surface area contributed by atoms with Crippen molar-refractivity contribution >= 4 is 34.5 Å². The van der Waals surface area contributed by atoms with Gasteiger partial charge in [0.25, 0.3) is 5.91 Å². The quantitative estimate of drug-likeness (QED) is 0.128. The summed E-state index contributed by atoms with van der Waals surface area (Å²) in [4.78, 5) is 57.3. The van der Waals surface area contributed by atoms with Gasteiger partial charge in [-0.05, 0) is 108 Å². The van der Waals surface area contributed by atoms with Crippen molar-refractivity contribution in [3.05, 3.63) is 35.5 Å². The van der Waals surface area contributed by atoms with E-state index in [1.807, 2.05) is 26.8 Å². The highest BCUT2D eigenvalue weighted by Gasteiger charge is 2.56. The van der Waals surface area contributed by atoms with Gasteiger partial charge in [-0.15, -0.1) is 0 Å². The molecule has 4 rings (SSSR count). The van der Waals surface area contributed by atoms with Crippen molar-refractivity contribution in [2.75, 3.05) is 27.9 Å². The maximum absolute atomic E-state index is 14.5. The number of hydrogen-bond donors (Lipinski definition) is 3. The molecule has 13 nitrogen and oxygen atoms in total. The third-order valence-electron chi connectivity index (χ3n) is 14.6. The molecular formula is C51H83NO12S. The Labute approximate surface area is 393 Å². The Morgan fingerprint density at radius 1 is 0.969 bits per heavy atom. The molecule has 3 aliphatic heterocycles. The van der Waals surface area contributed by atoms with E-state index in [2.05, 4.69) is 26.5 Å². The third kappa shape index (κ3) is 14.5. The van der Waals surface area contributed by atoms with Crippen LogP contribution in [0, 0.1) is 29.6 Å². The van der Waals surface area contributed by atoms with Crippen molar-refractivity contribution < 1.29 is 58.2 Å². The Kier molecular flexibility index (Phi) is 21.9. The van der Waals surface area contributed by atoms with Gasteiger partial charge < -0.3 is 43.9 Å². The van der Waals surface area contributed by atoms with E-state index < -0.39 is 78.1 Å². The third-order valence-corrected chi connectivity index (χ3v) is 15.9. The van der Waals surface area contributed by atoms with Crippen LogP contribution in [0.3, 0.4) is 0 Å². The number of carbonyl (C=O) groups is 4. The molecule has 1 aliphatic carbocycles. The van der Waals surface area contributed by atoms with Crippen LogP contribution in [-0.4, -0.2) is 131 Å². The van der Waals surface area contributed by atoms with Gasteiger partial charge in [0.1, 0.15) is 24.0 Å². The van der Waals surface area contributed by atoms with Crippen molar-refractivity contribution in [1.82, 2.24) is 4.90 Å². The molecule has 65 heavy (non-hydrogen) atoms. The van der Waals surface area contributed by atoms with Gasteiger partial charge in [0.2, 0.25) is 5.79 Å². The number of thioether (sulfide) groups is 1. The fourth-order valence-corrected chi connectivity index (χ4v) is 11.8. The van der Waals surface area contributed by atoms with Gasteiger partial charge in [0, 0.05) is 63.7 Å². The SMILES string of the molecule is C=C(CCCC)CC(=O)SC1CCC(/C=C(\C)C2OC(=O)C3CCCCN3C(=O)C(O)C3(O)OC(C(OC)CC(C)C/C(C)=C/C(CC)C(=O)CC(O)C2C)C(OC)CC3C)CC1OC. The highest BCUT2D eigenvalue weighted by molar-refractivity contribution is 8.14. The lowest BCUT2D eigenvalue weighted by Gasteiger charge is -2.49. The summed E-state index contributed by atoms with van der Waals surface area (Å²) < 4.78 is 30.6. The van der Waals surface area contributed by atoms with Crippen molar-refractivity contribution in [3.8, 4) is 0 Å². The molecule has 3 heterocycles. The van der Waals surface area contributed by atoms with Gasteiger partial charge in [-0.2, -0.15) is 0 Å². The Hall–Kier alpha value is -2.43. The summed E-state index contributed by atoms with van der Waals surface area (Å²) in [5, 5.41) is 36.0.